The van der Waals surface area contributed by atoms with E-state index in [0.717, 1.165) is 6.54 Å². The number of halogens is 2. The molecule has 0 bridgehead atoms. The Morgan fingerprint density at radius 3 is 2.79 bits per heavy atom. The quantitative estimate of drug-likeness (QED) is 0.912. The van der Waals surface area contributed by atoms with Gasteiger partial charge in [0.25, 0.3) is 0 Å². The van der Waals surface area contributed by atoms with Crippen molar-refractivity contribution in [1.29, 1.82) is 0 Å². The molecular weight excluding hydrogens is 283 g/mol. The number of rotatable bonds is 5. The Labute approximate surface area is 121 Å². The van der Waals surface area contributed by atoms with Gasteiger partial charge in [0.2, 0.25) is 0 Å². The molecule has 0 amide bonds. The largest absolute Gasteiger partial charge is 0.329 e. The molecule has 2 aromatic rings. The molecule has 0 saturated carbocycles. The summed E-state index contributed by atoms with van der Waals surface area (Å²) in [5, 5.41) is 2.17. The summed E-state index contributed by atoms with van der Waals surface area (Å²) in [4.78, 5) is 3.27. The topological polar surface area (TPSA) is 29.3 Å². The van der Waals surface area contributed by atoms with Crippen molar-refractivity contribution in [3.8, 4) is 0 Å². The fraction of sp³-hybridized carbons (Fsp3) is 0.286. The van der Waals surface area contributed by atoms with Crippen molar-refractivity contribution in [3.05, 3.63) is 57.0 Å². The molecule has 2 N–H and O–H groups in total. The van der Waals surface area contributed by atoms with Gasteiger partial charge in [-0.05, 0) is 24.6 Å². The van der Waals surface area contributed by atoms with Gasteiger partial charge in [0.15, 0.2) is 0 Å². The number of likely N-dealkylation sites (N-methyl/N-ethyl adjacent to an activating group) is 1. The van der Waals surface area contributed by atoms with Crippen LogP contribution in [0.2, 0.25) is 5.02 Å². The zero-order chi connectivity index (χ0) is 13.8. The van der Waals surface area contributed by atoms with Crippen molar-refractivity contribution in [1.82, 2.24) is 4.90 Å². The van der Waals surface area contributed by atoms with Gasteiger partial charge in [-0.25, -0.2) is 4.39 Å². The second kappa shape index (κ2) is 6.48. The molecule has 2 rings (SSSR count). The number of hydrogen-bond donors (Lipinski definition) is 1. The van der Waals surface area contributed by atoms with E-state index in [0.29, 0.717) is 12.1 Å². The van der Waals surface area contributed by atoms with Crippen LogP contribution >= 0.6 is 22.9 Å². The van der Waals surface area contributed by atoms with E-state index in [9.17, 15) is 4.39 Å². The first-order valence-electron chi connectivity index (χ1n) is 6.00. The predicted octanol–water partition coefficient (Wildman–Crippen LogP) is 3.67. The lowest BCUT2D eigenvalue weighted by Gasteiger charge is -2.27. The Hall–Kier alpha value is -0.940. The fourth-order valence-corrected chi connectivity index (χ4v) is 3.03. The molecule has 0 aliphatic heterocycles. The van der Waals surface area contributed by atoms with Crippen molar-refractivity contribution >= 4 is 22.9 Å². The predicted molar refractivity (Wildman–Crippen MR) is 79.0 cm³/mol. The third-order valence-electron chi connectivity index (χ3n) is 3.08. The number of thiophene rings is 1. The molecule has 5 heteroatoms. The molecule has 0 spiro atoms. The highest BCUT2D eigenvalue weighted by Gasteiger charge is 2.20. The highest BCUT2D eigenvalue weighted by Crippen LogP contribution is 2.27. The summed E-state index contributed by atoms with van der Waals surface area (Å²) in [5.74, 6) is -0.377. The Morgan fingerprint density at radius 1 is 1.37 bits per heavy atom. The minimum absolute atomic E-state index is 0.139. The summed E-state index contributed by atoms with van der Waals surface area (Å²) < 4.78 is 14.1. The van der Waals surface area contributed by atoms with E-state index >= 15 is 0 Å². The van der Waals surface area contributed by atoms with Crippen LogP contribution in [0.15, 0.2) is 35.7 Å². The molecule has 1 aromatic heterocycles. The molecule has 0 aliphatic rings. The number of benzene rings is 1. The Kier molecular flexibility index (Phi) is 4.93. The fourth-order valence-electron chi connectivity index (χ4n) is 2.08. The Morgan fingerprint density at radius 2 is 2.16 bits per heavy atom. The maximum absolute atomic E-state index is 14.1. The maximum atomic E-state index is 14.1. The van der Waals surface area contributed by atoms with Crippen LogP contribution in [-0.2, 0) is 6.54 Å². The van der Waals surface area contributed by atoms with E-state index in [1.54, 1.807) is 29.5 Å². The van der Waals surface area contributed by atoms with Crippen LogP contribution in [0.4, 0.5) is 4.39 Å². The number of hydrogen-bond acceptors (Lipinski definition) is 3. The van der Waals surface area contributed by atoms with Gasteiger partial charge in [0, 0.05) is 23.5 Å². The van der Waals surface area contributed by atoms with Crippen LogP contribution < -0.4 is 5.73 Å². The summed E-state index contributed by atoms with van der Waals surface area (Å²) in [5.41, 5.74) is 6.36. The van der Waals surface area contributed by atoms with E-state index in [4.69, 9.17) is 17.3 Å². The molecule has 0 saturated heterocycles. The van der Waals surface area contributed by atoms with Gasteiger partial charge in [-0.2, -0.15) is 0 Å². The lowest BCUT2D eigenvalue weighted by molar-refractivity contribution is 0.239. The minimum Gasteiger partial charge on any atom is -0.329 e. The summed E-state index contributed by atoms with van der Waals surface area (Å²) in [6, 6.07) is 8.92. The molecule has 19 heavy (non-hydrogen) atoms. The molecule has 0 aliphatic carbocycles. The van der Waals surface area contributed by atoms with E-state index in [2.05, 4.69) is 6.07 Å². The molecule has 1 aromatic carbocycles. The molecule has 1 atom stereocenters. The third-order valence-corrected chi connectivity index (χ3v) is 4.23. The Balaban J connectivity index is 2.21. The third kappa shape index (κ3) is 3.34. The average molecular weight is 299 g/mol. The highest BCUT2D eigenvalue weighted by atomic mass is 35.5. The van der Waals surface area contributed by atoms with Gasteiger partial charge in [-0.15, -0.1) is 11.3 Å². The molecule has 0 radical (unpaired) electrons. The molecule has 1 heterocycles. The van der Waals surface area contributed by atoms with Gasteiger partial charge in [0.1, 0.15) is 5.82 Å². The number of nitrogens with zero attached hydrogens (tertiary/aromatic N) is 1. The van der Waals surface area contributed by atoms with Crippen molar-refractivity contribution in [2.75, 3.05) is 13.6 Å². The molecular formula is C14H16ClFN2S. The standard InChI is InChI=1S/C14H16ClFN2S/c1-18(9-10-4-3-7-19-10)13(8-17)11-5-2-6-12(15)14(11)16/h2-7,13H,8-9,17H2,1H3. The normalized spacial score (nSPS) is 12.9. The van der Waals surface area contributed by atoms with E-state index in [1.807, 2.05) is 23.4 Å². The summed E-state index contributed by atoms with van der Waals surface area (Å²) in [6.45, 7) is 1.09. The number of nitrogens with two attached hydrogens (primary N) is 1. The zero-order valence-electron chi connectivity index (χ0n) is 10.6. The zero-order valence-corrected chi connectivity index (χ0v) is 12.2. The average Bonchev–Trinajstić information content (AvgIpc) is 2.88. The molecule has 2 nitrogen and oxygen atoms in total. The first-order valence-corrected chi connectivity index (χ1v) is 7.26. The van der Waals surface area contributed by atoms with Crippen LogP contribution in [0, 0.1) is 5.82 Å². The lowest BCUT2D eigenvalue weighted by atomic mass is 10.0. The lowest BCUT2D eigenvalue weighted by Crippen LogP contribution is -2.30. The second-order valence-corrected chi connectivity index (χ2v) is 5.83. The van der Waals surface area contributed by atoms with E-state index in [1.165, 1.54) is 4.88 Å². The highest BCUT2D eigenvalue weighted by molar-refractivity contribution is 7.09. The van der Waals surface area contributed by atoms with Gasteiger partial charge in [-0.1, -0.05) is 29.8 Å². The maximum Gasteiger partial charge on any atom is 0.146 e. The molecule has 1 unspecified atom stereocenters. The van der Waals surface area contributed by atoms with Crippen molar-refractivity contribution < 1.29 is 4.39 Å². The van der Waals surface area contributed by atoms with Gasteiger partial charge < -0.3 is 5.73 Å². The summed E-state index contributed by atoms with van der Waals surface area (Å²) in [7, 11) is 1.94. The summed E-state index contributed by atoms with van der Waals surface area (Å²) in [6.07, 6.45) is 0. The monoisotopic (exact) mass is 298 g/mol. The van der Waals surface area contributed by atoms with Crippen LogP contribution in [-0.4, -0.2) is 18.5 Å². The SMILES string of the molecule is CN(Cc1cccs1)C(CN)c1cccc(Cl)c1F. The Bertz CT molecular complexity index is 530. The van der Waals surface area contributed by atoms with Crippen LogP contribution in [0.1, 0.15) is 16.5 Å². The minimum atomic E-state index is -0.377. The van der Waals surface area contributed by atoms with Crippen LogP contribution in [0.5, 0.6) is 0 Å². The van der Waals surface area contributed by atoms with Crippen LogP contribution in [0.25, 0.3) is 0 Å². The van der Waals surface area contributed by atoms with Gasteiger partial charge >= 0.3 is 0 Å². The first kappa shape index (κ1) is 14.5. The van der Waals surface area contributed by atoms with Crippen molar-refractivity contribution in [2.24, 2.45) is 5.73 Å². The van der Waals surface area contributed by atoms with E-state index < -0.39 is 0 Å². The van der Waals surface area contributed by atoms with Crippen molar-refractivity contribution in [3.63, 3.8) is 0 Å². The van der Waals surface area contributed by atoms with E-state index in [-0.39, 0.29) is 16.9 Å². The van der Waals surface area contributed by atoms with Gasteiger partial charge in [0.05, 0.1) is 11.1 Å². The molecule has 0 fully saturated rings. The molecule has 102 valence electrons. The summed E-state index contributed by atoms with van der Waals surface area (Å²) >= 11 is 7.51. The second-order valence-electron chi connectivity index (χ2n) is 4.39. The smallest absolute Gasteiger partial charge is 0.146 e. The van der Waals surface area contributed by atoms with Crippen LogP contribution in [0.3, 0.4) is 0 Å². The first-order chi connectivity index (χ1) is 9.13. The van der Waals surface area contributed by atoms with Crippen molar-refractivity contribution in [2.45, 2.75) is 12.6 Å². The van der Waals surface area contributed by atoms with Gasteiger partial charge in [-0.3, -0.25) is 4.90 Å².